The predicted molar refractivity (Wildman–Crippen MR) is 131 cm³/mol. The molecular formula is C26H30N2O3S. The number of para-hydroxylation sites is 2. The first kappa shape index (κ1) is 22.5. The van der Waals surface area contributed by atoms with Gasteiger partial charge in [-0.05, 0) is 43.9 Å². The van der Waals surface area contributed by atoms with Crippen LogP contribution in [0.25, 0.3) is 11.0 Å². The summed E-state index contributed by atoms with van der Waals surface area (Å²) in [7, 11) is 0. The van der Waals surface area contributed by atoms with Gasteiger partial charge in [0.25, 0.3) is 5.91 Å². The van der Waals surface area contributed by atoms with Gasteiger partial charge in [0.2, 0.25) is 5.91 Å². The maximum atomic E-state index is 13.0. The third kappa shape index (κ3) is 5.18. The third-order valence-corrected chi connectivity index (χ3v) is 7.47. The Morgan fingerprint density at radius 1 is 1.00 bits per heavy atom. The lowest BCUT2D eigenvalue weighted by molar-refractivity contribution is -0.115. The van der Waals surface area contributed by atoms with Crippen LogP contribution in [0.3, 0.4) is 0 Å². The zero-order valence-corrected chi connectivity index (χ0v) is 19.5. The van der Waals surface area contributed by atoms with Crippen molar-refractivity contribution in [1.29, 1.82) is 0 Å². The highest BCUT2D eigenvalue weighted by atomic mass is 32.2. The van der Waals surface area contributed by atoms with Crippen LogP contribution in [0.5, 0.6) is 0 Å². The summed E-state index contributed by atoms with van der Waals surface area (Å²) in [6.45, 7) is 3.79. The molecule has 0 saturated heterocycles. The Labute approximate surface area is 193 Å². The van der Waals surface area contributed by atoms with E-state index in [1.165, 1.54) is 32.1 Å². The summed E-state index contributed by atoms with van der Waals surface area (Å²) in [6.07, 6.45) is 6.36. The van der Waals surface area contributed by atoms with Crippen LogP contribution in [0, 0.1) is 13.8 Å². The second-order valence-electron chi connectivity index (χ2n) is 8.47. The minimum Gasteiger partial charge on any atom is -0.451 e. The maximum Gasteiger partial charge on any atom is 0.287 e. The third-order valence-electron chi connectivity index (χ3n) is 6.08. The Morgan fingerprint density at radius 3 is 2.47 bits per heavy atom. The van der Waals surface area contributed by atoms with Crippen molar-refractivity contribution >= 4 is 40.2 Å². The summed E-state index contributed by atoms with van der Waals surface area (Å²) in [5.74, 6) is 0.440. The number of rotatable bonds is 7. The Hall–Kier alpha value is -2.73. The molecule has 1 aliphatic carbocycles. The number of aryl methyl sites for hydroxylation is 2. The van der Waals surface area contributed by atoms with E-state index < -0.39 is 0 Å². The number of benzene rings is 2. The van der Waals surface area contributed by atoms with Crippen molar-refractivity contribution in [3.8, 4) is 0 Å². The fraction of sp³-hybridized carbons (Fsp3) is 0.385. The summed E-state index contributed by atoms with van der Waals surface area (Å²) in [5, 5.41) is 7.26. The molecule has 1 heterocycles. The molecule has 0 atom stereocenters. The van der Waals surface area contributed by atoms with Crippen molar-refractivity contribution in [3.63, 3.8) is 0 Å². The molecule has 2 amide bonds. The molecule has 0 aliphatic heterocycles. The second-order valence-corrected chi connectivity index (χ2v) is 9.76. The smallest absolute Gasteiger partial charge is 0.287 e. The van der Waals surface area contributed by atoms with Crippen LogP contribution >= 0.6 is 11.8 Å². The van der Waals surface area contributed by atoms with Gasteiger partial charge in [-0.15, -0.1) is 0 Å². The maximum absolute atomic E-state index is 13.0. The number of furan rings is 1. The minimum absolute atomic E-state index is 0.112. The van der Waals surface area contributed by atoms with Gasteiger partial charge in [0.05, 0.1) is 6.54 Å². The van der Waals surface area contributed by atoms with E-state index in [0.717, 1.165) is 33.5 Å². The van der Waals surface area contributed by atoms with Gasteiger partial charge in [0.1, 0.15) is 5.58 Å². The molecule has 0 unspecified atom stereocenters. The lowest BCUT2D eigenvalue weighted by Crippen LogP contribution is -2.33. The van der Waals surface area contributed by atoms with Crippen molar-refractivity contribution in [2.24, 2.45) is 0 Å². The van der Waals surface area contributed by atoms with E-state index in [-0.39, 0.29) is 18.4 Å². The minimum atomic E-state index is -0.350. The van der Waals surface area contributed by atoms with E-state index in [9.17, 15) is 9.59 Å². The average molecular weight is 451 g/mol. The first-order valence-corrected chi connectivity index (χ1v) is 12.3. The lowest BCUT2D eigenvalue weighted by atomic mass is 10.0. The summed E-state index contributed by atoms with van der Waals surface area (Å²) < 4.78 is 5.93. The monoisotopic (exact) mass is 450 g/mol. The molecule has 5 nitrogen and oxygen atoms in total. The normalized spacial score (nSPS) is 14.4. The molecule has 3 aromatic rings. The van der Waals surface area contributed by atoms with E-state index >= 15 is 0 Å². The van der Waals surface area contributed by atoms with E-state index in [1.54, 1.807) is 0 Å². The van der Waals surface area contributed by atoms with Crippen LogP contribution in [-0.4, -0.2) is 23.6 Å². The Bertz CT molecular complexity index is 1100. The number of anilines is 1. The van der Waals surface area contributed by atoms with Crippen LogP contribution in [0.2, 0.25) is 0 Å². The Morgan fingerprint density at radius 2 is 1.72 bits per heavy atom. The first-order chi connectivity index (χ1) is 15.5. The van der Waals surface area contributed by atoms with Crippen LogP contribution in [0.1, 0.15) is 59.3 Å². The van der Waals surface area contributed by atoms with Gasteiger partial charge in [-0.3, -0.25) is 9.59 Å². The predicted octanol–water partition coefficient (Wildman–Crippen LogP) is 5.98. The quantitative estimate of drug-likeness (QED) is 0.464. The average Bonchev–Trinajstić information content (AvgIpc) is 3.18. The zero-order chi connectivity index (χ0) is 22.5. The summed E-state index contributed by atoms with van der Waals surface area (Å²) in [5.41, 5.74) is 4.40. The number of hydrogen-bond acceptors (Lipinski definition) is 4. The van der Waals surface area contributed by atoms with Gasteiger partial charge in [-0.2, -0.15) is 11.8 Å². The van der Waals surface area contributed by atoms with Gasteiger partial charge in [0, 0.05) is 27.6 Å². The highest BCUT2D eigenvalue weighted by Crippen LogP contribution is 2.35. The van der Waals surface area contributed by atoms with E-state index in [1.807, 2.05) is 68.1 Å². The molecule has 168 valence electrons. The van der Waals surface area contributed by atoms with Crippen LogP contribution in [-0.2, 0) is 10.5 Å². The topological polar surface area (TPSA) is 71.3 Å². The standard InChI is InChI=1S/C26H30N2O3S/c1-17-9-8-10-18(2)24(17)28-23(29)15-27-26(30)25-21(16-32-19-11-4-3-5-12-19)20-13-6-7-14-22(20)31-25/h6-10,13-14,19H,3-5,11-12,15-16H2,1-2H3,(H,27,30)(H,28,29). The van der Waals surface area contributed by atoms with E-state index in [2.05, 4.69) is 10.6 Å². The summed E-state index contributed by atoms with van der Waals surface area (Å²) in [6, 6.07) is 13.6. The van der Waals surface area contributed by atoms with Crippen LogP contribution in [0.15, 0.2) is 46.9 Å². The first-order valence-electron chi connectivity index (χ1n) is 11.3. The molecular weight excluding hydrogens is 420 g/mol. The number of amides is 2. The molecule has 0 radical (unpaired) electrons. The molecule has 1 saturated carbocycles. The van der Waals surface area contributed by atoms with Crippen molar-refractivity contribution in [1.82, 2.24) is 5.32 Å². The molecule has 2 aromatic carbocycles. The molecule has 1 fully saturated rings. The molecule has 2 N–H and O–H groups in total. The highest BCUT2D eigenvalue weighted by molar-refractivity contribution is 7.99. The molecule has 0 bridgehead atoms. The van der Waals surface area contributed by atoms with Gasteiger partial charge < -0.3 is 15.1 Å². The summed E-state index contributed by atoms with van der Waals surface area (Å²) in [4.78, 5) is 25.5. The number of carbonyl (C=O) groups excluding carboxylic acids is 2. The molecule has 32 heavy (non-hydrogen) atoms. The largest absolute Gasteiger partial charge is 0.451 e. The van der Waals surface area contributed by atoms with E-state index in [0.29, 0.717) is 16.6 Å². The Balaban J connectivity index is 1.45. The van der Waals surface area contributed by atoms with Crippen molar-refractivity contribution in [2.75, 3.05) is 11.9 Å². The molecule has 1 aromatic heterocycles. The SMILES string of the molecule is Cc1cccc(C)c1NC(=O)CNC(=O)c1oc2ccccc2c1CSC1CCCCC1. The van der Waals surface area contributed by atoms with Gasteiger partial charge in [0.15, 0.2) is 5.76 Å². The molecule has 6 heteroatoms. The van der Waals surface area contributed by atoms with Crippen molar-refractivity contribution in [2.45, 2.75) is 57.0 Å². The van der Waals surface area contributed by atoms with Crippen molar-refractivity contribution in [3.05, 3.63) is 64.9 Å². The number of hydrogen-bond donors (Lipinski definition) is 2. The van der Waals surface area contributed by atoms with Crippen molar-refractivity contribution < 1.29 is 14.0 Å². The number of fused-ring (bicyclic) bond motifs is 1. The fourth-order valence-corrected chi connectivity index (χ4v) is 5.65. The van der Waals surface area contributed by atoms with Gasteiger partial charge >= 0.3 is 0 Å². The Kier molecular flexibility index (Phi) is 7.20. The van der Waals surface area contributed by atoms with Crippen LogP contribution < -0.4 is 10.6 Å². The van der Waals surface area contributed by atoms with Gasteiger partial charge in [-0.1, -0.05) is 55.7 Å². The number of thioether (sulfide) groups is 1. The molecule has 0 spiro atoms. The second kappa shape index (κ2) is 10.3. The lowest BCUT2D eigenvalue weighted by Gasteiger charge is -2.20. The van der Waals surface area contributed by atoms with Crippen LogP contribution in [0.4, 0.5) is 5.69 Å². The molecule has 4 rings (SSSR count). The highest BCUT2D eigenvalue weighted by Gasteiger charge is 2.23. The number of carbonyl (C=O) groups is 2. The molecule has 1 aliphatic rings. The van der Waals surface area contributed by atoms with E-state index in [4.69, 9.17) is 4.42 Å². The fourth-order valence-electron chi connectivity index (χ4n) is 4.29. The van der Waals surface area contributed by atoms with Gasteiger partial charge in [-0.25, -0.2) is 0 Å². The zero-order valence-electron chi connectivity index (χ0n) is 18.7. The number of nitrogens with one attached hydrogen (secondary N) is 2. The summed E-state index contributed by atoms with van der Waals surface area (Å²) >= 11 is 1.91.